The zero-order valence-electron chi connectivity index (χ0n) is 16.3. The normalized spacial score (nSPS) is 10.8. The molecule has 2 heterocycles. The van der Waals surface area contributed by atoms with Gasteiger partial charge in [0.2, 0.25) is 0 Å². The number of rotatable bonds is 6. The molecule has 0 atom stereocenters. The van der Waals surface area contributed by atoms with Gasteiger partial charge in [-0.3, -0.25) is 4.79 Å². The summed E-state index contributed by atoms with van der Waals surface area (Å²) >= 11 is 12.2. The number of hydrogen-bond donors (Lipinski definition) is 2. The molecular weight excluding hydrogens is 441 g/mol. The van der Waals surface area contributed by atoms with Crippen LogP contribution in [0.25, 0.3) is 22.6 Å². The number of carbonyl (C=O) groups excluding carboxylic acids is 1. The lowest BCUT2D eigenvalue weighted by Gasteiger charge is -2.10. The van der Waals surface area contributed by atoms with Crippen LogP contribution in [0.2, 0.25) is 10.0 Å². The van der Waals surface area contributed by atoms with Gasteiger partial charge in [0.1, 0.15) is 29.6 Å². The highest BCUT2D eigenvalue weighted by molar-refractivity contribution is 6.35. The third-order valence-electron chi connectivity index (χ3n) is 4.57. The van der Waals surface area contributed by atoms with E-state index in [4.69, 9.17) is 36.8 Å². The first-order valence-electron chi connectivity index (χ1n) is 9.23. The summed E-state index contributed by atoms with van der Waals surface area (Å²) in [6, 6.07) is 16.8. The number of methoxy groups -OCH3 is 1. The lowest BCUT2D eigenvalue weighted by atomic mass is 10.1. The van der Waals surface area contributed by atoms with Crippen molar-refractivity contribution in [1.29, 1.82) is 0 Å². The van der Waals surface area contributed by atoms with Gasteiger partial charge in [-0.15, -0.1) is 0 Å². The molecule has 0 aliphatic carbocycles. The third-order valence-corrected chi connectivity index (χ3v) is 5.13. The predicted octanol–water partition coefficient (Wildman–Crippen LogP) is 6.27. The van der Waals surface area contributed by atoms with E-state index in [9.17, 15) is 9.90 Å². The third kappa shape index (κ3) is 4.46. The minimum atomic E-state index is -0.431. The van der Waals surface area contributed by atoms with Gasteiger partial charge in [-0.25, -0.2) is 0 Å². The fraction of sp³-hybridized carbons (Fsp3) is 0.0870. The average Bonchev–Trinajstić information content (AvgIpc) is 3.45. The number of halogens is 2. The molecule has 0 fully saturated rings. The second-order valence-electron chi connectivity index (χ2n) is 6.58. The molecule has 0 aliphatic heterocycles. The minimum absolute atomic E-state index is 0.118. The van der Waals surface area contributed by atoms with Gasteiger partial charge in [0, 0.05) is 22.3 Å². The molecule has 6 nitrogen and oxygen atoms in total. The van der Waals surface area contributed by atoms with Crippen LogP contribution in [-0.2, 0) is 6.61 Å². The smallest absolute Gasteiger partial charge is 0.291 e. The first-order chi connectivity index (χ1) is 15.0. The fourth-order valence-corrected chi connectivity index (χ4v) is 3.45. The standard InChI is InChI=1S/C23H17Cl2NO5/c1-29-22-11-14(3-5-16(22)19-7-4-15(12-27)30-19)26-23(28)21-9-8-20(31-21)17-10-13(24)2-6-18(17)25/h2-11,27H,12H2,1H3,(H,26,28). The SMILES string of the molecule is COc1cc(NC(=O)c2ccc(-c3cc(Cl)ccc3Cl)o2)ccc1-c1ccc(CO)o1. The lowest BCUT2D eigenvalue weighted by molar-refractivity contribution is 0.0997. The van der Waals surface area contributed by atoms with Crippen molar-refractivity contribution in [2.75, 3.05) is 12.4 Å². The van der Waals surface area contributed by atoms with Crippen molar-refractivity contribution in [1.82, 2.24) is 0 Å². The summed E-state index contributed by atoms with van der Waals surface area (Å²) in [6.45, 7) is -0.192. The van der Waals surface area contributed by atoms with Gasteiger partial charge < -0.3 is 24.0 Å². The van der Waals surface area contributed by atoms with Crippen LogP contribution in [-0.4, -0.2) is 18.1 Å². The van der Waals surface area contributed by atoms with Crippen LogP contribution in [0.3, 0.4) is 0 Å². The maximum absolute atomic E-state index is 12.7. The zero-order valence-corrected chi connectivity index (χ0v) is 17.8. The number of nitrogens with one attached hydrogen (secondary N) is 1. The van der Waals surface area contributed by atoms with Crippen LogP contribution in [0.4, 0.5) is 5.69 Å². The Morgan fingerprint density at radius 2 is 1.74 bits per heavy atom. The quantitative estimate of drug-likeness (QED) is 0.356. The topological polar surface area (TPSA) is 84.8 Å². The highest BCUT2D eigenvalue weighted by Gasteiger charge is 2.16. The van der Waals surface area contributed by atoms with Gasteiger partial charge in [-0.1, -0.05) is 23.2 Å². The summed E-state index contributed by atoms with van der Waals surface area (Å²) in [5.41, 5.74) is 1.80. The molecule has 2 aromatic carbocycles. The lowest BCUT2D eigenvalue weighted by Crippen LogP contribution is -2.10. The molecule has 0 radical (unpaired) electrons. The molecule has 0 unspecified atom stereocenters. The van der Waals surface area contributed by atoms with E-state index in [1.165, 1.54) is 7.11 Å². The Labute approximate surface area is 188 Å². The van der Waals surface area contributed by atoms with Gasteiger partial charge in [-0.05, 0) is 54.6 Å². The van der Waals surface area contributed by atoms with E-state index < -0.39 is 5.91 Å². The molecule has 8 heteroatoms. The number of aliphatic hydroxyl groups is 1. The minimum Gasteiger partial charge on any atom is -0.496 e. The molecule has 158 valence electrons. The summed E-state index contributed by atoms with van der Waals surface area (Å²) in [5, 5.41) is 12.9. The number of ether oxygens (including phenoxy) is 1. The molecule has 4 aromatic rings. The summed E-state index contributed by atoms with van der Waals surface area (Å²) < 4.78 is 16.7. The van der Waals surface area contributed by atoms with Crippen molar-refractivity contribution in [3.8, 4) is 28.4 Å². The number of furan rings is 2. The van der Waals surface area contributed by atoms with Crippen molar-refractivity contribution in [2.24, 2.45) is 0 Å². The zero-order chi connectivity index (χ0) is 22.0. The van der Waals surface area contributed by atoms with Crippen LogP contribution in [0.15, 0.2) is 69.5 Å². The molecule has 0 saturated heterocycles. The number of anilines is 1. The van der Waals surface area contributed by atoms with Crippen molar-refractivity contribution < 1.29 is 23.5 Å². The van der Waals surface area contributed by atoms with Crippen molar-refractivity contribution in [3.63, 3.8) is 0 Å². The van der Waals surface area contributed by atoms with Gasteiger partial charge in [0.05, 0.1) is 17.7 Å². The highest BCUT2D eigenvalue weighted by Crippen LogP contribution is 2.35. The Morgan fingerprint density at radius 3 is 2.48 bits per heavy atom. The van der Waals surface area contributed by atoms with Crippen LogP contribution in [0.5, 0.6) is 5.75 Å². The Balaban J connectivity index is 1.55. The van der Waals surface area contributed by atoms with Crippen molar-refractivity contribution >= 4 is 34.8 Å². The Hall–Kier alpha value is -3.19. The number of amides is 1. The fourth-order valence-electron chi connectivity index (χ4n) is 3.06. The van der Waals surface area contributed by atoms with E-state index in [1.807, 2.05) is 0 Å². The molecule has 4 rings (SSSR count). The van der Waals surface area contributed by atoms with Crippen LogP contribution < -0.4 is 10.1 Å². The van der Waals surface area contributed by atoms with E-state index in [2.05, 4.69) is 5.32 Å². The summed E-state index contributed by atoms with van der Waals surface area (Å²) in [4.78, 5) is 12.7. The molecule has 2 aromatic heterocycles. The molecule has 1 amide bonds. The summed E-state index contributed by atoms with van der Waals surface area (Å²) in [7, 11) is 1.52. The molecule has 0 saturated carbocycles. The molecule has 31 heavy (non-hydrogen) atoms. The molecule has 0 aliphatic rings. The first kappa shape index (κ1) is 21.1. The number of benzene rings is 2. The average molecular weight is 458 g/mol. The summed E-state index contributed by atoms with van der Waals surface area (Å²) in [6.07, 6.45) is 0. The predicted molar refractivity (Wildman–Crippen MR) is 119 cm³/mol. The van der Waals surface area contributed by atoms with Gasteiger partial charge in [-0.2, -0.15) is 0 Å². The monoisotopic (exact) mass is 457 g/mol. The van der Waals surface area contributed by atoms with Gasteiger partial charge in [0.15, 0.2) is 5.76 Å². The second kappa shape index (κ2) is 8.89. The Morgan fingerprint density at radius 1 is 0.968 bits per heavy atom. The molecule has 0 spiro atoms. The van der Waals surface area contributed by atoms with Crippen molar-refractivity contribution in [2.45, 2.75) is 6.61 Å². The largest absolute Gasteiger partial charge is 0.496 e. The Kier molecular flexibility index (Phi) is 6.04. The molecule has 2 N–H and O–H groups in total. The molecular formula is C23H17Cl2NO5. The van der Waals surface area contributed by atoms with Crippen LogP contribution >= 0.6 is 23.2 Å². The molecule has 0 bridgehead atoms. The van der Waals surface area contributed by atoms with Crippen LogP contribution in [0, 0.1) is 0 Å². The Bertz CT molecular complexity index is 1240. The maximum Gasteiger partial charge on any atom is 0.291 e. The van der Waals surface area contributed by atoms with E-state index >= 15 is 0 Å². The van der Waals surface area contributed by atoms with E-state index in [-0.39, 0.29) is 12.4 Å². The maximum atomic E-state index is 12.7. The number of carbonyl (C=O) groups is 1. The summed E-state index contributed by atoms with van der Waals surface area (Å²) in [5.74, 6) is 1.62. The van der Waals surface area contributed by atoms with Gasteiger partial charge in [0.25, 0.3) is 5.91 Å². The number of hydrogen-bond acceptors (Lipinski definition) is 5. The van der Waals surface area contributed by atoms with Gasteiger partial charge >= 0.3 is 0 Å². The first-order valence-corrected chi connectivity index (χ1v) is 9.98. The van der Waals surface area contributed by atoms with E-state index in [1.54, 1.807) is 60.7 Å². The van der Waals surface area contributed by atoms with Crippen LogP contribution in [0.1, 0.15) is 16.3 Å². The second-order valence-corrected chi connectivity index (χ2v) is 7.42. The van der Waals surface area contributed by atoms with E-state index in [0.717, 1.165) is 0 Å². The number of aliphatic hydroxyl groups excluding tert-OH is 1. The highest BCUT2D eigenvalue weighted by atomic mass is 35.5. The van der Waals surface area contributed by atoms with E-state index in [0.29, 0.717) is 49.9 Å². The van der Waals surface area contributed by atoms with Crippen molar-refractivity contribution in [3.05, 3.63) is 82.2 Å².